The number of ether oxygens (including phenoxy) is 1. The third-order valence-corrected chi connectivity index (χ3v) is 5.68. The van der Waals surface area contributed by atoms with Gasteiger partial charge in [0.1, 0.15) is 6.54 Å². The molecule has 0 N–H and O–H groups in total. The van der Waals surface area contributed by atoms with Crippen LogP contribution in [-0.4, -0.2) is 58.8 Å². The van der Waals surface area contributed by atoms with Gasteiger partial charge in [0.2, 0.25) is 11.7 Å². The van der Waals surface area contributed by atoms with Crippen molar-refractivity contribution in [2.75, 3.05) is 20.2 Å². The van der Waals surface area contributed by atoms with Gasteiger partial charge < -0.3 is 19.0 Å². The summed E-state index contributed by atoms with van der Waals surface area (Å²) in [6.07, 6.45) is 0.441. The van der Waals surface area contributed by atoms with E-state index in [0.717, 1.165) is 5.56 Å². The molecule has 2 aromatic rings. The summed E-state index contributed by atoms with van der Waals surface area (Å²) in [4.78, 5) is 45.8. The number of esters is 1. The lowest BCUT2D eigenvalue weighted by molar-refractivity contribution is -0.147. The van der Waals surface area contributed by atoms with E-state index < -0.39 is 12.0 Å². The van der Waals surface area contributed by atoms with Crippen molar-refractivity contribution in [1.82, 2.24) is 14.8 Å². The first-order valence-electron chi connectivity index (χ1n) is 9.58. The van der Waals surface area contributed by atoms with Crippen LogP contribution >= 0.6 is 0 Å². The molecule has 2 aliphatic heterocycles. The predicted octanol–water partition coefficient (Wildman–Crippen LogP) is 1.88. The Kier molecular flexibility index (Phi) is 4.86. The summed E-state index contributed by atoms with van der Waals surface area (Å²) in [5, 5.41) is 0. The molecule has 2 aliphatic rings. The number of hydrogen-bond acceptors (Lipinski definition) is 6. The van der Waals surface area contributed by atoms with Gasteiger partial charge in [0, 0.05) is 13.5 Å². The van der Waals surface area contributed by atoms with Crippen LogP contribution < -0.4 is 0 Å². The summed E-state index contributed by atoms with van der Waals surface area (Å²) in [5.74, 6) is -0.795. The van der Waals surface area contributed by atoms with Crippen molar-refractivity contribution in [2.24, 2.45) is 5.92 Å². The molecule has 1 aromatic carbocycles. The number of benzene rings is 1. The Morgan fingerprint density at radius 3 is 2.55 bits per heavy atom. The van der Waals surface area contributed by atoms with Crippen LogP contribution in [0.25, 0.3) is 0 Å². The number of amides is 2. The average molecular weight is 397 g/mol. The van der Waals surface area contributed by atoms with Gasteiger partial charge in [-0.2, -0.15) is 0 Å². The second-order valence-electron chi connectivity index (χ2n) is 7.51. The van der Waals surface area contributed by atoms with Gasteiger partial charge in [-0.05, 0) is 18.9 Å². The topological polar surface area (TPSA) is 93.0 Å². The standard InChI is InChI=1S/C21H23N3O5/c1-12-19(29-13(2)22-12)20(26)23-10-15-9-16(21(27)28-3)18(24(15)17(25)11-23)14-7-5-4-6-8-14/h4-8,15-16,18H,9-11H2,1-3H3/t15-,16-,18-/m0/s1. The van der Waals surface area contributed by atoms with Crippen molar-refractivity contribution in [1.29, 1.82) is 0 Å². The molecular weight excluding hydrogens is 374 g/mol. The molecule has 0 unspecified atom stereocenters. The summed E-state index contributed by atoms with van der Waals surface area (Å²) in [6.45, 7) is 3.65. The number of methoxy groups -OCH3 is 1. The number of rotatable bonds is 3. The second-order valence-corrected chi connectivity index (χ2v) is 7.51. The average Bonchev–Trinajstić information content (AvgIpc) is 3.27. The molecule has 0 aliphatic carbocycles. The number of carbonyl (C=O) groups is 3. The fraction of sp³-hybridized carbons (Fsp3) is 0.429. The van der Waals surface area contributed by atoms with Crippen LogP contribution in [0.15, 0.2) is 34.7 Å². The summed E-state index contributed by atoms with van der Waals surface area (Å²) in [6, 6.07) is 8.82. The normalized spacial score (nSPS) is 23.8. The molecule has 0 spiro atoms. The Bertz CT molecular complexity index is 954. The molecule has 8 heteroatoms. The zero-order chi connectivity index (χ0) is 20.7. The molecular formula is C21H23N3O5. The van der Waals surface area contributed by atoms with E-state index in [-0.39, 0.29) is 36.1 Å². The minimum atomic E-state index is -0.472. The molecule has 0 radical (unpaired) electrons. The highest BCUT2D eigenvalue weighted by molar-refractivity contribution is 5.96. The number of oxazole rings is 1. The van der Waals surface area contributed by atoms with E-state index in [2.05, 4.69) is 4.98 Å². The van der Waals surface area contributed by atoms with Crippen LogP contribution in [0.4, 0.5) is 0 Å². The van der Waals surface area contributed by atoms with E-state index in [4.69, 9.17) is 9.15 Å². The monoisotopic (exact) mass is 397 g/mol. The van der Waals surface area contributed by atoms with Crippen LogP contribution in [0.1, 0.15) is 40.2 Å². The molecule has 152 valence electrons. The SMILES string of the molecule is COC(=O)[C@H]1C[C@H]2CN(C(=O)c3oc(C)nc3C)CC(=O)N2[C@H]1c1ccccc1. The third-order valence-electron chi connectivity index (χ3n) is 5.68. The van der Waals surface area contributed by atoms with Crippen molar-refractivity contribution < 1.29 is 23.5 Å². The highest BCUT2D eigenvalue weighted by Crippen LogP contribution is 2.43. The van der Waals surface area contributed by atoms with Crippen molar-refractivity contribution in [3.05, 3.63) is 53.2 Å². The molecule has 0 saturated carbocycles. The van der Waals surface area contributed by atoms with E-state index in [1.807, 2.05) is 30.3 Å². The molecule has 3 heterocycles. The molecule has 2 amide bonds. The van der Waals surface area contributed by atoms with Crippen molar-refractivity contribution in [2.45, 2.75) is 32.4 Å². The Balaban J connectivity index is 1.63. The number of fused-ring (bicyclic) bond motifs is 1. The number of hydrogen-bond donors (Lipinski definition) is 0. The van der Waals surface area contributed by atoms with Crippen LogP contribution in [0.3, 0.4) is 0 Å². The highest BCUT2D eigenvalue weighted by atomic mass is 16.5. The van der Waals surface area contributed by atoms with Crippen LogP contribution in [0.2, 0.25) is 0 Å². The first-order valence-corrected chi connectivity index (χ1v) is 9.58. The van der Waals surface area contributed by atoms with Gasteiger partial charge in [-0.1, -0.05) is 30.3 Å². The maximum atomic E-state index is 13.1. The van der Waals surface area contributed by atoms with Gasteiger partial charge in [0.05, 0.1) is 30.8 Å². The number of nitrogens with zero attached hydrogens (tertiary/aromatic N) is 3. The van der Waals surface area contributed by atoms with E-state index in [0.29, 0.717) is 24.6 Å². The van der Waals surface area contributed by atoms with Crippen LogP contribution in [-0.2, 0) is 14.3 Å². The molecule has 2 fully saturated rings. The van der Waals surface area contributed by atoms with Gasteiger partial charge in [0.25, 0.3) is 5.91 Å². The van der Waals surface area contributed by atoms with E-state index >= 15 is 0 Å². The fourth-order valence-electron chi connectivity index (χ4n) is 4.49. The Labute approximate surface area is 168 Å². The summed E-state index contributed by atoms with van der Waals surface area (Å²) in [5.41, 5.74) is 1.39. The van der Waals surface area contributed by atoms with Crippen LogP contribution in [0.5, 0.6) is 0 Å². The quantitative estimate of drug-likeness (QED) is 0.734. The zero-order valence-corrected chi connectivity index (χ0v) is 16.6. The van der Waals surface area contributed by atoms with Gasteiger partial charge in [-0.15, -0.1) is 0 Å². The van der Waals surface area contributed by atoms with E-state index in [1.165, 1.54) is 12.0 Å². The smallest absolute Gasteiger partial charge is 0.311 e. The molecule has 1 aromatic heterocycles. The van der Waals surface area contributed by atoms with Gasteiger partial charge >= 0.3 is 5.97 Å². The van der Waals surface area contributed by atoms with Gasteiger partial charge in [-0.25, -0.2) is 4.98 Å². The summed E-state index contributed by atoms with van der Waals surface area (Å²) >= 11 is 0. The first kappa shape index (κ1) is 19.2. The largest absolute Gasteiger partial charge is 0.469 e. The van der Waals surface area contributed by atoms with E-state index in [1.54, 1.807) is 18.7 Å². The number of piperazine rings is 1. The minimum Gasteiger partial charge on any atom is -0.469 e. The Hall–Kier alpha value is -3.16. The molecule has 4 rings (SSSR count). The van der Waals surface area contributed by atoms with Crippen molar-refractivity contribution in [3.63, 3.8) is 0 Å². The first-order chi connectivity index (χ1) is 13.9. The van der Waals surface area contributed by atoms with Crippen LogP contribution in [0, 0.1) is 19.8 Å². The number of carbonyl (C=O) groups excluding carboxylic acids is 3. The Morgan fingerprint density at radius 1 is 1.21 bits per heavy atom. The highest BCUT2D eigenvalue weighted by Gasteiger charge is 2.51. The lowest BCUT2D eigenvalue weighted by Crippen LogP contribution is -2.55. The summed E-state index contributed by atoms with van der Waals surface area (Å²) < 4.78 is 10.5. The molecule has 2 saturated heterocycles. The lowest BCUT2D eigenvalue weighted by atomic mass is 9.93. The summed E-state index contributed by atoms with van der Waals surface area (Å²) in [7, 11) is 1.36. The zero-order valence-electron chi connectivity index (χ0n) is 16.6. The van der Waals surface area contributed by atoms with Crippen molar-refractivity contribution in [3.8, 4) is 0 Å². The number of aryl methyl sites for hydroxylation is 2. The minimum absolute atomic E-state index is 0.0637. The molecule has 8 nitrogen and oxygen atoms in total. The van der Waals surface area contributed by atoms with Gasteiger partial charge in [0.15, 0.2) is 5.89 Å². The molecule has 3 atom stereocenters. The lowest BCUT2D eigenvalue weighted by Gasteiger charge is -2.39. The van der Waals surface area contributed by atoms with Crippen molar-refractivity contribution >= 4 is 17.8 Å². The number of aromatic nitrogens is 1. The Morgan fingerprint density at radius 2 is 1.93 bits per heavy atom. The van der Waals surface area contributed by atoms with E-state index in [9.17, 15) is 14.4 Å². The maximum Gasteiger partial charge on any atom is 0.311 e. The molecule has 0 bridgehead atoms. The fourth-order valence-corrected chi connectivity index (χ4v) is 4.49. The third kappa shape index (κ3) is 3.28. The maximum absolute atomic E-state index is 13.1. The second kappa shape index (κ2) is 7.35. The van der Waals surface area contributed by atoms with Gasteiger partial charge in [-0.3, -0.25) is 14.4 Å². The molecule has 29 heavy (non-hydrogen) atoms. The predicted molar refractivity (Wildman–Crippen MR) is 102 cm³/mol.